The minimum absolute atomic E-state index is 0.177. The number of nitrogens with zero attached hydrogens (tertiary/aromatic N) is 5. The van der Waals surface area contributed by atoms with E-state index in [1.165, 1.54) is 0 Å². The number of hydrogen-bond donors (Lipinski definition) is 1. The van der Waals surface area contributed by atoms with Crippen LogP contribution in [0.5, 0.6) is 0 Å². The van der Waals surface area contributed by atoms with E-state index in [-0.39, 0.29) is 5.91 Å². The monoisotopic (exact) mass is 380 g/mol. The van der Waals surface area contributed by atoms with Crippen LogP contribution in [-0.4, -0.2) is 30.5 Å². The summed E-state index contributed by atoms with van der Waals surface area (Å²) < 4.78 is 1.68. The Morgan fingerprint density at radius 3 is 2.86 bits per heavy atom. The van der Waals surface area contributed by atoms with E-state index in [2.05, 4.69) is 20.4 Å². The van der Waals surface area contributed by atoms with Crippen LogP contribution in [0.3, 0.4) is 0 Å². The number of amides is 1. The van der Waals surface area contributed by atoms with Crippen molar-refractivity contribution in [1.82, 2.24) is 29.9 Å². The van der Waals surface area contributed by atoms with Crippen LogP contribution in [0.25, 0.3) is 27.8 Å². The molecule has 5 rings (SSSR count). The molecule has 4 heterocycles. The van der Waals surface area contributed by atoms with Gasteiger partial charge in [-0.05, 0) is 30.3 Å². The topological polar surface area (TPSA) is 85.1 Å². The first-order chi connectivity index (χ1) is 14.3. The molecule has 0 spiro atoms. The first-order valence-electron chi connectivity index (χ1n) is 9.15. The van der Waals surface area contributed by atoms with Gasteiger partial charge in [0.2, 0.25) is 0 Å². The van der Waals surface area contributed by atoms with Gasteiger partial charge < -0.3 is 5.32 Å². The molecular weight excluding hydrogens is 364 g/mol. The van der Waals surface area contributed by atoms with Gasteiger partial charge in [-0.15, -0.1) is 0 Å². The molecule has 140 valence electrons. The number of para-hydroxylation sites is 1. The molecule has 0 unspecified atom stereocenters. The molecule has 29 heavy (non-hydrogen) atoms. The SMILES string of the molecule is O=C(NCc1cnn2cccnc12)c1cc(-c2cccnc2)nc2ccccc12. The number of aromatic nitrogens is 5. The second kappa shape index (κ2) is 7.12. The lowest BCUT2D eigenvalue weighted by Crippen LogP contribution is -2.23. The second-order valence-electron chi connectivity index (χ2n) is 6.55. The highest BCUT2D eigenvalue weighted by molar-refractivity contribution is 6.07. The van der Waals surface area contributed by atoms with Crippen LogP contribution in [0.4, 0.5) is 0 Å². The van der Waals surface area contributed by atoms with Gasteiger partial charge in [0, 0.05) is 47.8 Å². The second-order valence-corrected chi connectivity index (χ2v) is 6.55. The quantitative estimate of drug-likeness (QED) is 0.517. The molecule has 0 bridgehead atoms. The fraction of sp³-hybridized carbons (Fsp3) is 0.0455. The van der Waals surface area contributed by atoms with E-state index in [4.69, 9.17) is 4.98 Å². The number of carbonyl (C=O) groups is 1. The Morgan fingerprint density at radius 1 is 1.03 bits per heavy atom. The molecule has 7 nitrogen and oxygen atoms in total. The molecule has 0 aliphatic heterocycles. The van der Waals surface area contributed by atoms with Crippen molar-refractivity contribution in [3.8, 4) is 11.3 Å². The number of rotatable bonds is 4. The van der Waals surface area contributed by atoms with Crippen molar-refractivity contribution in [3.63, 3.8) is 0 Å². The molecule has 0 fully saturated rings. The predicted octanol–water partition coefficient (Wildman–Crippen LogP) is 3.27. The number of nitrogens with one attached hydrogen (secondary N) is 1. The normalized spacial score (nSPS) is 11.0. The number of benzene rings is 1. The summed E-state index contributed by atoms with van der Waals surface area (Å²) in [5.41, 5.74) is 4.47. The van der Waals surface area contributed by atoms with Crippen LogP contribution in [-0.2, 0) is 6.54 Å². The summed E-state index contributed by atoms with van der Waals surface area (Å²) in [7, 11) is 0. The van der Waals surface area contributed by atoms with Gasteiger partial charge in [0.05, 0.1) is 23.0 Å². The minimum Gasteiger partial charge on any atom is -0.348 e. The van der Waals surface area contributed by atoms with Gasteiger partial charge in [-0.25, -0.2) is 14.5 Å². The largest absolute Gasteiger partial charge is 0.348 e. The zero-order valence-electron chi connectivity index (χ0n) is 15.4. The van der Waals surface area contributed by atoms with E-state index in [0.717, 1.165) is 27.7 Å². The molecule has 0 saturated carbocycles. The molecule has 0 saturated heterocycles. The van der Waals surface area contributed by atoms with Gasteiger partial charge in [0.15, 0.2) is 5.65 Å². The third kappa shape index (κ3) is 3.19. The van der Waals surface area contributed by atoms with Gasteiger partial charge >= 0.3 is 0 Å². The highest BCUT2D eigenvalue weighted by atomic mass is 16.1. The lowest BCUT2D eigenvalue weighted by atomic mass is 10.0. The molecule has 0 atom stereocenters. The van der Waals surface area contributed by atoms with E-state index in [1.54, 1.807) is 29.3 Å². The van der Waals surface area contributed by atoms with E-state index >= 15 is 0 Å². The first kappa shape index (κ1) is 17.0. The van der Waals surface area contributed by atoms with Gasteiger partial charge in [0.1, 0.15) is 0 Å². The Kier molecular flexibility index (Phi) is 4.18. The summed E-state index contributed by atoms with van der Waals surface area (Å²) in [5, 5.41) is 8.05. The standard InChI is InChI=1S/C22H16N6O/c29-22(25-13-16-14-26-28-10-4-9-24-21(16)28)18-11-20(15-5-3-8-23-12-15)27-19-7-2-1-6-17(18)19/h1-12,14H,13H2,(H,25,29). The maximum atomic E-state index is 13.1. The highest BCUT2D eigenvalue weighted by Gasteiger charge is 2.15. The Bertz CT molecular complexity index is 1330. The number of fused-ring (bicyclic) bond motifs is 2. The fourth-order valence-electron chi connectivity index (χ4n) is 3.30. The van der Waals surface area contributed by atoms with Crippen molar-refractivity contribution in [2.45, 2.75) is 6.54 Å². The summed E-state index contributed by atoms with van der Waals surface area (Å²) in [4.78, 5) is 26.3. The predicted molar refractivity (Wildman–Crippen MR) is 109 cm³/mol. The number of hydrogen-bond acceptors (Lipinski definition) is 5. The fourth-order valence-corrected chi connectivity index (χ4v) is 3.30. The van der Waals surface area contributed by atoms with E-state index in [9.17, 15) is 4.79 Å². The van der Waals surface area contributed by atoms with Gasteiger partial charge in [-0.3, -0.25) is 9.78 Å². The molecular formula is C22H16N6O. The molecule has 1 amide bonds. The molecule has 1 N–H and O–H groups in total. The average molecular weight is 380 g/mol. The third-order valence-electron chi connectivity index (χ3n) is 4.71. The number of pyridine rings is 2. The van der Waals surface area contributed by atoms with Crippen molar-refractivity contribution in [3.05, 3.63) is 90.6 Å². The van der Waals surface area contributed by atoms with E-state index < -0.39 is 0 Å². The summed E-state index contributed by atoms with van der Waals surface area (Å²) in [5.74, 6) is -0.177. The van der Waals surface area contributed by atoms with Crippen LogP contribution in [0.2, 0.25) is 0 Å². The molecule has 0 aliphatic carbocycles. The molecule has 0 aliphatic rings. The average Bonchev–Trinajstić information content (AvgIpc) is 3.20. The van der Waals surface area contributed by atoms with Gasteiger partial charge in [0.25, 0.3) is 5.91 Å². The summed E-state index contributed by atoms with van der Waals surface area (Å²) in [6, 6.07) is 15.0. The Labute approximate surface area is 166 Å². The molecule has 5 aromatic rings. The highest BCUT2D eigenvalue weighted by Crippen LogP contribution is 2.24. The minimum atomic E-state index is -0.177. The first-order valence-corrected chi connectivity index (χ1v) is 9.15. The smallest absolute Gasteiger partial charge is 0.252 e. The van der Waals surface area contributed by atoms with Crippen LogP contribution in [0.15, 0.2) is 79.5 Å². The zero-order valence-corrected chi connectivity index (χ0v) is 15.4. The summed E-state index contributed by atoms with van der Waals surface area (Å²) in [6.45, 7) is 0.332. The molecule has 0 radical (unpaired) electrons. The molecule has 7 heteroatoms. The van der Waals surface area contributed by atoms with Crippen LogP contribution in [0.1, 0.15) is 15.9 Å². The van der Waals surface area contributed by atoms with Gasteiger partial charge in [-0.2, -0.15) is 5.10 Å². The number of carbonyl (C=O) groups excluding carboxylic acids is 1. The molecule has 1 aromatic carbocycles. The Hall–Kier alpha value is -4.13. The lowest BCUT2D eigenvalue weighted by molar-refractivity contribution is 0.0952. The van der Waals surface area contributed by atoms with Gasteiger partial charge in [-0.1, -0.05) is 18.2 Å². The van der Waals surface area contributed by atoms with Crippen LogP contribution in [0, 0.1) is 0 Å². The Morgan fingerprint density at radius 2 is 1.97 bits per heavy atom. The summed E-state index contributed by atoms with van der Waals surface area (Å²) in [6.07, 6.45) is 8.70. The van der Waals surface area contributed by atoms with Crippen molar-refractivity contribution in [2.75, 3.05) is 0 Å². The van der Waals surface area contributed by atoms with Crippen molar-refractivity contribution >= 4 is 22.5 Å². The van der Waals surface area contributed by atoms with Crippen LogP contribution < -0.4 is 5.32 Å². The molecule has 4 aromatic heterocycles. The zero-order chi connectivity index (χ0) is 19.6. The third-order valence-corrected chi connectivity index (χ3v) is 4.71. The Balaban J connectivity index is 1.50. The maximum absolute atomic E-state index is 13.1. The van der Waals surface area contributed by atoms with Crippen LogP contribution >= 0.6 is 0 Å². The van der Waals surface area contributed by atoms with Crippen molar-refractivity contribution < 1.29 is 4.79 Å². The van der Waals surface area contributed by atoms with E-state index in [0.29, 0.717) is 17.8 Å². The van der Waals surface area contributed by atoms with Crippen molar-refractivity contribution in [2.24, 2.45) is 0 Å². The lowest BCUT2D eigenvalue weighted by Gasteiger charge is -2.10. The van der Waals surface area contributed by atoms with Crippen molar-refractivity contribution in [1.29, 1.82) is 0 Å². The summed E-state index contributed by atoms with van der Waals surface area (Å²) >= 11 is 0. The van der Waals surface area contributed by atoms with E-state index in [1.807, 2.05) is 54.7 Å². The maximum Gasteiger partial charge on any atom is 0.252 e.